The molecule has 4 nitrogen and oxygen atoms in total. The zero-order chi connectivity index (χ0) is 12.1. The topological polar surface area (TPSA) is 59.3 Å². The van der Waals surface area contributed by atoms with Crippen LogP contribution in [0.2, 0.25) is 0 Å². The number of aromatic nitrogens is 1. The molecule has 88 valence electrons. The number of pyridine rings is 1. The third kappa shape index (κ3) is 3.13. The standard InChI is InChI=1S/C11H15NO3S/c1-8(5-6-16-2)12-7-9(11(14)15)3-4-10(12)13/h3-4,7-8H,5-6H2,1-2H3,(H,14,15). The molecule has 0 saturated carbocycles. The lowest BCUT2D eigenvalue weighted by molar-refractivity contribution is 0.0695. The van der Waals surface area contributed by atoms with E-state index in [9.17, 15) is 9.59 Å². The average molecular weight is 241 g/mol. The Hall–Kier alpha value is -1.23. The van der Waals surface area contributed by atoms with Crippen molar-refractivity contribution in [2.75, 3.05) is 12.0 Å². The Morgan fingerprint density at radius 2 is 2.25 bits per heavy atom. The average Bonchev–Trinajstić information content (AvgIpc) is 2.26. The molecule has 1 rings (SSSR count). The molecule has 0 aliphatic carbocycles. The lowest BCUT2D eigenvalue weighted by atomic mass is 10.2. The van der Waals surface area contributed by atoms with Gasteiger partial charge in [0.1, 0.15) is 0 Å². The van der Waals surface area contributed by atoms with Crippen molar-refractivity contribution in [1.29, 1.82) is 0 Å². The minimum atomic E-state index is -1.01. The molecule has 1 aromatic heterocycles. The van der Waals surface area contributed by atoms with E-state index in [1.54, 1.807) is 11.8 Å². The normalized spacial score (nSPS) is 12.4. The molecule has 0 fully saturated rings. The third-order valence-electron chi connectivity index (χ3n) is 2.40. The molecular formula is C11H15NO3S. The summed E-state index contributed by atoms with van der Waals surface area (Å²) < 4.78 is 1.49. The smallest absolute Gasteiger partial charge is 0.337 e. The molecule has 0 aliphatic heterocycles. The quantitative estimate of drug-likeness (QED) is 0.854. The molecule has 0 saturated heterocycles. The molecular weight excluding hydrogens is 226 g/mol. The Labute approximate surface area is 98.3 Å². The minimum Gasteiger partial charge on any atom is -0.478 e. The molecule has 1 unspecified atom stereocenters. The van der Waals surface area contributed by atoms with Crippen molar-refractivity contribution in [2.45, 2.75) is 19.4 Å². The molecule has 0 aromatic carbocycles. The first-order chi connectivity index (χ1) is 7.56. The molecule has 1 heterocycles. The van der Waals surface area contributed by atoms with Gasteiger partial charge in [-0.05, 0) is 31.4 Å². The van der Waals surface area contributed by atoms with Crippen LogP contribution in [0.3, 0.4) is 0 Å². The highest BCUT2D eigenvalue weighted by molar-refractivity contribution is 7.98. The molecule has 1 aromatic rings. The van der Waals surface area contributed by atoms with E-state index < -0.39 is 5.97 Å². The second-order valence-electron chi connectivity index (χ2n) is 3.60. The maximum atomic E-state index is 11.6. The number of aromatic carboxylic acids is 1. The van der Waals surface area contributed by atoms with Crippen LogP contribution >= 0.6 is 11.8 Å². The number of thioether (sulfide) groups is 1. The fourth-order valence-corrected chi connectivity index (χ4v) is 1.98. The zero-order valence-electron chi connectivity index (χ0n) is 9.34. The number of carbonyl (C=O) groups is 1. The molecule has 0 amide bonds. The lowest BCUT2D eigenvalue weighted by Gasteiger charge is -2.14. The summed E-state index contributed by atoms with van der Waals surface area (Å²) in [4.78, 5) is 22.3. The predicted octanol–water partition coefficient (Wildman–Crippen LogP) is 1.86. The van der Waals surface area contributed by atoms with Gasteiger partial charge in [0.25, 0.3) is 5.56 Å². The fraction of sp³-hybridized carbons (Fsp3) is 0.455. The SMILES string of the molecule is CSCCC(C)n1cc(C(=O)O)ccc1=O. The maximum Gasteiger partial charge on any atom is 0.337 e. The summed E-state index contributed by atoms with van der Waals surface area (Å²) >= 11 is 1.71. The monoisotopic (exact) mass is 241 g/mol. The summed E-state index contributed by atoms with van der Waals surface area (Å²) in [6.45, 7) is 1.92. The highest BCUT2D eigenvalue weighted by Crippen LogP contribution is 2.12. The second kappa shape index (κ2) is 5.75. The molecule has 1 atom stereocenters. The van der Waals surface area contributed by atoms with Gasteiger partial charge in [-0.15, -0.1) is 0 Å². The van der Waals surface area contributed by atoms with Crippen LogP contribution in [0.5, 0.6) is 0 Å². The van der Waals surface area contributed by atoms with Gasteiger partial charge in [-0.2, -0.15) is 11.8 Å². The summed E-state index contributed by atoms with van der Waals surface area (Å²) in [6, 6.07) is 2.67. The molecule has 0 radical (unpaired) electrons. The van der Waals surface area contributed by atoms with Crippen LogP contribution < -0.4 is 5.56 Å². The number of hydrogen-bond donors (Lipinski definition) is 1. The largest absolute Gasteiger partial charge is 0.478 e. The van der Waals surface area contributed by atoms with Gasteiger partial charge in [0.15, 0.2) is 0 Å². The summed E-state index contributed by atoms with van der Waals surface area (Å²) in [5.74, 6) is -0.0592. The predicted molar refractivity (Wildman–Crippen MR) is 65.4 cm³/mol. The highest BCUT2D eigenvalue weighted by atomic mass is 32.2. The van der Waals surface area contributed by atoms with E-state index in [2.05, 4.69) is 0 Å². The van der Waals surface area contributed by atoms with Crippen LogP contribution in [0.4, 0.5) is 0 Å². The van der Waals surface area contributed by atoms with Gasteiger partial charge < -0.3 is 9.67 Å². The summed E-state index contributed by atoms with van der Waals surface area (Å²) in [7, 11) is 0. The Morgan fingerprint density at radius 3 is 2.81 bits per heavy atom. The maximum absolute atomic E-state index is 11.6. The molecule has 16 heavy (non-hydrogen) atoms. The van der Waals surface area contributed by atoms with Crippen molar-refractivity contribution < 1.29 is 9.90 Å². The van der Waals surface area contributed by atoms with Gasteiger partial charge in [-0.25, -0.2) is 4.79 Å². The first kappa shape index (κ1) is 12.8. The van der Waals surface area contributed by atoms with Crippen molar-refractivity contribution in [3.8, 4) is 0 Å². The number of carboxylic acid groups (broad SMARTS) is 1. The van der Waals surface area contributed by atoms with E-state index in [0.717, 1.165) is 12.2 Å². The zero-order valence-corrected chi connectivity index (χ0v) is 10.2. The van der Waals surface area contributed by atoms with E-state index in [4.69, 9.17) is 5.11 Å². The Bertz CT molecular complexity index is 427. The molecule has 0 spiro atoms. The van der Waals surface area contributed by atoms with Gasteiger partial charge >= 0.3 is 5.97 Å². The van der Waals surface area contributed by atoms with E-state index >= 15 is 0 Å². The van der Waals surface area contributed by atoms with Crippen molar-refractivity contribution in [3.63, 3.8) is 0 Å². The van der Waals surface area contributed by atoms with E-state index in [1.807, 2.05) is 13.2 Å². The second-order valence-corrected chi connectivity index (χ2v) is 4.58. The van der Waals surface area contributed by atoms with E-state index in [0.29, 0.717) is 0 Å². The van der Waals surface area contributed by atoms with Crippen LogP contribution in [-0.4, -0.2) is 27.7 Å². The first-order valence-electron chi connectivity index (χ1n) is 5.00. The molecule has 1 N–H and O–H groups in total. The third-order valence-corrected chi connectivity index (χ3v) is 3.04. The highest BCUT2D eigenvalue weighted by Gasteiger charge is 2.09. The number of rotatable bonds is 5. The molecule has 5 heteroatoms. The number of hydrogen-bond acceptors (Lipinski definition) is 3. The Balaban J connectivity index is 2.97. The molecule has 0 aliphatic rings. The van der Waals surface area contributed by atoms with Crippen LogP contribution in [0.1, 0.15) is 29.7 Å². The van der Waals surface area contributed by atoms with Gasteiger partial charge in [0.05, 0.1) is 5.56 Å². The van der Waals surface area contributed by atoms with Crippen LogP contribution in [-0.2, 0) is 0 Å². The Morgan fingerprint density at radius 1 is 1.56 bits per heavy atom. The summed E-state index contributed by atoms with van der Waals surface area (Å²) in [5.41, 5.74) is -0.00537. The van der Waals surface area contributed by atoms with Crippen LogP contribution in [0, 0.1) is 0 Å². The van der Waals surface area contributed by atoms with Gasteiger partial charge in [-0.1, -0.05) is 0 Å². The van der Waals surface area contributed by atoms with Gasteiger partial charge in [-0.3, -0.25) is 4.79 Å². The van der Waals surface area contributed by atoms with Crippen molar-refractivity contribution >= 4 is 17.7 Å². The fourth-order valence-electron chi connectivity index (χ4n) is 1.40. The minimum absolute atomic E-state index is 0.0271. The molecule has 0 bridgehead atoms. The summed E-state index contributed by atoms with van der Waals surface area (Å²) in [5, 5.41) is 8.84. The van der Waals surface area contributed by atoms with Gasteiger partial charge in [0.2, 0.25) is 0 Å². The Kier molecular flexibility index (Phi) is 4.61. The number of nitrogens with zero attached hydrogens (tertiary/aromatic N) is 1. The first-order valence-corrected chi connectivity index (χ1v) is 6.40. The van der Waals surface area contributed by atoms with Crippen LogP contribution in [0.15, 0.2) is 23.1 Å². The lowest BCUT2D eigenvalue weighted by Crippen LogP contribution is -2.23. The van der Waals surface area contributed by atoms with Crippen LogP contribution in [0.25, 0.3) is 0 Å². The summed E-state index contributed by atoms with van der Waals surface area (Å²) in [6.07, 6.45) is 4.27. The van der Waals surface area contributed by atoms with Crippen molar-refractivity contribution in [1.82, 2.24) is 4.57 Å². The van der Waals surface area contributed by atoms with Crippen molar-refractivity contribution in [3.05, 3.63) is 34.2 Å². The van der Waals surface area contributed by atoms with Crippen molar-refractivity contribution in [2.24, 2.45) is 0 Å². The van der Waals surface area contributed by atoms with Gasteiger partial charge in [0, 0.05) is 18.3 Å². The van der Waals surface area contributed by atoms with E-state index in [1.165, 1.54) is 22.9 Å². The number of carboxylic acids is 1. The van der Waals surface area contributed by atoms with E-state index in [-0.39, 0.29) is 17.2 Å².